The molecular weight excluding hydrogens is 372 g/mol. The zero-order chi connectivity index (χ0) is 19.7. The lowest BCUT2D eigenvalue weighted by Crippen LogP contribution is -2.17. The number of nitriles is 1. The summed E-state index contributed by atoms with van der Waals surface area (Å²) in [5, 5.41) is 12.9. The van der Waals surface area contributed by atoms with Gasteiger partial charge < -0.3 is 4.74 Å². The van der Waals surface area contributed by atoms with Gasteiger partial charge in [0.1, 0.15) is 11.5 Å². The lowest BCUT2D eigenvalue weighted by molar-refractivity contribution is -0.115. The van der Waals surface area contributed by atoms with Gasteiger partial charge in [0.25, 0.3) is 11.1 Å². The molecule has 136 valence electrons. The van der Waals surface area contributed by atoms with Gasteiger partial charge in [0.05, 0.1) is 16.5 Å². The standard InChI is InChI=1S/C22H14N2O3S/c1-13-10-14(11-20-21(25)24-22(26)28-20)6-8-18(13)27-19-9-7-15(12-23)16-4-2-3-5-17(16)19/h2-11H,1H3,(H,24,25,26). The van der Waals surface area contributed by atoms with Crippen LogP contribution in [-0.4, -0.2) is 11.1 Å². The van der Waals surface area contributed by atoms with Gasteiger partial charge in [-0.2, -0.15) is 5.26 Å². The molecule has 2 amide bonds. The Hall–Kier alpha value is -3.56. The van der Waals surface area contributed by atoms with Crippen LogP contribution in [0.25, 0.3) is 16.8 Å². The SMILES string of the molecule is Cc1cc(C=C2SC(=O)NC2=O)ccc1Oc1ccc(C#N)c2ccccc12. The van der Waals surface area contributed by atoms with Crippen LogP contribution in [0, 0.1) is 18.3 Å². The maximum absolute atomic E-state index is 11.7. The van der Waals surface area contributed by atoms with Crippen LogP contribution in [0.15, 0.2) is 59.5 Å². The second-order valence-corrected chi connectivity index (χ2v) is 7.26. The predicted octanol–water partition coefficient (Wildman–Crippen LogP) is 5.14. The smallest absolute Gasteiger partial charge is 0.290 e. The highest BCUT2D eigenvalue weighted by Crippen LogP contribution is 2.34. The highest BCUT2D eigenvalue weighted by Gasteiger charge is 2.24. The summed E-state index contributed by atoms with van der Waals surface area (Å²) in [6, 6.07) is 18.9. The molecule has 1 aliphatic rings. The number of imide groups is 1. The molecule has 0 saturated carbocycles. The quantitative estimate of drug-likeness (QED) is 0.631. The van der Waals surface area contributed by atoms with Crippen molar-refractivity contribution in [3.8, 4) is 17.6 Å². The number of nitrogens with one attached hydrogen (secondary N) is 1. The van der Waals surface area contributed by atoms with Crippen LogP contribution in [0.2, 0.25) is 0 Å². The molecule has 1 N–H and O–H groups in total. The number of fused-ring (bicyclic) bond motifs is 1. The third-order valence-corrected chi connectivity index (χ3v) is 5.17. The first kappa shape index (κ1) is 17.8. The van der Waals surface area contributed by atoms with Crippen LogP contribution in [0.4, 0.5) is 4.79 Å². The van der Waals surface area contributed by atoms with E-state index in [1.807, 2.05) is 49.4 Å². The third kappa shape index (κ3) is 3.36. The van der Waals surface area contributed by atoms with Crippen LogP contribution in [-0.2, 0) is 4.79 Å². The fraction of sp³-hybridized carbons (Fsp3) is 0.0455. The number of rotatable bonds is 3. The molecule has 0 aromatic heterocycles. The van der Waals surface area contributed by atoms with E-state index in [1.165, 1.54) is 0 Å². The van der Waals surface area contributed by atoms with Crippen molar-refractivity contribution in [1.29, 1.82) is 5.26 Å². The van der Waals surface area contributed by atoms with Crippen LogP contribution >= 0.6 is 11.8 Å². The van der Waals surface area contributed by atoms with Crippen molar-refractivity contribution in [3.05, 3.63) is 76.2 Å². The van der Waals surface area contributed by atoms with Crippen molar-refractivity contribution in [2.24, 2.45) is 0 Å². The second-order valence-electron chi connectivity index (χ2n) is 6.25. The van der Waals surface area contributed by atoms with Gasteiger partial charge in [0.2, 0.25) is 0 Å². The molecule has 0 aliphatic carbocycles. The Labute approximate surface area is 165 Å². The fourth-order valence-corrected chi connectivity index (χ4v) is 3.71. The lowest BCUT2D eigenvalue weighted by atomic mass is 10.0. The number of hydrogen-bond donors (Lipinski definition) is 1. The zero-order valence-corrected chi connectivity index (χ0v) is 15.7. The normalized spacial score (nSPS) is 14.9. The first-order chi connectivity index (χ1) is 13.5. The Morgan fingerprint density at radius 2 is 1.79 bits per heavy atom. The number of aryl methyl sites for hydroxylation is 1. The van der Waals surface area contributed by atoms with Crippen LogP contribution in [0.1, 0.15) is 16.7 Å². The number of hydrogen-bond acceptors (Lipinski definition) is 5. The number of nitrogens with zero attached hydrogens (tertiary/aromatic N) is 1. The molecule has 3 aromatic carbocycles. The van der Waals surface area contributed by atoms with E-state index in [1.54, 1.807) is 18.2 Å². The van der Waals surface area contributed by atoms with E-state index in [2.05, 4.69) is 11.4 Å². The van der Waals surface area contributed by atoms with Crippen LogP contribution < -0.4 is 10.1 Å². The number of carbonyl (C=O) groups is 2. The first-order valence-electron chi connectivity index (χ1n) is 8.50. The molecular formula is C22H14N2O3S. The molecule has 0 bridgehead atoms. The fourth-order valence-electron chi connectivity index (χ4n) is 3.03. The van der Waals surface area contributed by atoms with Gasteiger partial charge in [-0.25, -0.2) is 0 Å². The van der Waals surface area contributed by atoms with Gasteiger partial charge in [-0.3, -0.25) is 14.9 Å². The molecule has 0 unspecified atom stereocenters. The molecule has 4 rings (SSSR count). The average molecular weight is 386 g/mol. The third-order valence-electron chi connectivity index (χ3n) is 4.36. The van der Waals surface area contributed by atoms with Gasteiger partial charge in [0, 0.05) is 10.8 Å². The molecule has 1 fully saturated rings. The van der Waals surface area contributed by atoms with E-state index in [4.69, 9.17) is 4.74 Å². The highest BCUT2D eigenvalue weighted by atomic mass is 32.2. The Kier molecular flexibility index (Phi) is 4.60. The molecule has 5 nitrogen and oxygen atoms in total. The van der Waals surface area contributed by atoms with E-state index >= 15 is 0 Å². The van der Waals surface area contributed by atoms with E-state index in [0.29, 0.717) is 22.0 Å². The van der Waals surface area contributed by atoms with Gasteiger partial charge >= 0.3 is 0 Å². The molecule has 0 spiro atoms. The second kappa shape index (κ2) is 7.22. The largest absolute Gasteiger partial charge is 0.456 e. The molecule has 6 heteroatoms. The van der Waals surface area contributed by atoms with E-state index in [9.17, 15) is 14.9 Å². The summed E-state index contributed by atoms with van der Waals surface area (Å²) in [7, 11) is 0. The number of benzene rings is 3. The molecule has 28 heavy (non-hydrogen) atoms. The van der Waals surface area contributed by atoms with Crippen molar-refractivity contribution >= 4 is 39.8 Å². The number of thioether (sulfide) groups is 1. The number of amides is 2. The zero-order valence-electron chi connectivity index (χ0n) is 14.9. The topological polar surface area (TPSA) is 79.2 Å². The minimum absolute atomic E-state index is 0.361. The van der Waals surface area contributed by atoms with Gasteiger partial charge in [0.15, 0.2) is 0 Å². The summed E-state index contributed by atoms with van der Waals surface area (Å²) >= 11 is 0.890. The van der Waals surface area contributed by atoms with Crippen molar-refractivity contribution < 1.29 is 14.3 Å². The number of carbonyl (C=O) groups excluding carboxylic acids is 2. The Morgan fingerprint density at radius 3 is 2.46 bits per heavy atom. The van der Waals surface area contributed by atoms with Crippen LogP contribution in [0.3, 0.4) is 0 Å². The Balaban J connectivity index is 1.66. The first-order valence-corrected chi connectivity index (χ1v) is 9.32. The van der Waals surface area contributed by atoms with E-state index in [-0.39, 0.29) is 11.1 Å². The summed E-state index contributed by atoms with van der Waals surface area (Å²) in [4.78, 5) is 23.3. The Morgan fingerprint density at radius 1 is 1.04 bits per heavy atom. The van der Waals surface area contributed by atoms with E-state index in [0.717, 1.165) is 33.7 Å². The summed E-state index contributed by atoms with van der Waals surface area (Å²) in [5.41, 5.74) is 2.29. The molecule has 1 heterocycles. The van der Waals surface area contributed by atoms with Crippen molar-refractivity contribution in [3.63, 3.8) is 0 Å². The van der Waals surface area contributed by atoms with Crippen LogP contribution in [0.5, 0.6) is 11.5 Å². The highest BCUT2D eigenvalue weighted by molar-refractivity contribution is 8.18. The maximum Gasteiger partial charge on any atom is 0.290 e. The summed E-state index contributed by atoms with van der Waals surface area (Å²) in [6.45, 7) is 1.91. The molecule has 1 saturated heterocycles. The maximum atomic E-state index is 11.7. The van der Waals surface area contributed by atoms with Gasteiger partial charge in [-0.1, -0.05) is 30.3 Å². The van der Waals surface area contributed by atoms with Crippen molar-refractivity contribution in [1.82, 2.24) is 5.32 Å². The summed E-state index contributed by atoms with van der Waals surface area (Å²) in [5.74, 6) is 0.966. The molecule has 3 aromatic rings. The molecule has 0 atom stereocenters. The van der Waals surface area contributed by atoms with Gasteiger partial charge in [-0.15, -0.1) is 0 Å². The van der Waals surface area contributed by atoms with Gasteiger partial charge in [-0.05, 0) is 60.2 Å². The summed E-state index contributed by atoms with van der Waals surface area (Å²) in [6.07, 6.45) is 1.68. The van der Waals surface area contributed by atoms with Crippen molar-refractivity contribution in [2.75, 3.05) is 0 Å². The van der Waals surface area contributed by atoms with E-state index < -0.39 is 0 Å². The molecule has 0 radical (unpaired) electrons. The summed E-state index contributed by atoms with van der Waals surface area (Å²) < 4.78 is 6.12. The predicted molar refractivity (Wildman–Crippen MR) is 109 cm³/mol. The minimum atomic E-state index is -0.378. The Bertz CT molecular complexity index is 1210. The number of ether oxygens (including phenoxy) is 1. The monoisotopic (exact) mass is 386 g/mol. The lowest BCUT2D eigenvalue weighted by Gasteiger charge is -2.12. The van der Waals surface area contributed by atoms with Crippen molar-refractivity contribution in [2.45, 2.75) is 6.92 Å². The molecule has 1 aliphatic heterocycles. The average Bonchev–Trinajstić information content (AvgIpc) is 3.01. The minimum Gasteiger partial charge on any atom is -0.456 e.